The van der Waals surface area contributed by atoms with Crippen LogP contribution in [-0.4, -0.2) is 21.7 Å². The zero-order chi connectivity index (χ0) is 16.0. The van der Waals surface area contributed by atoms with Gasteiger partial charge in [0.2, 0.25) is 0 Å². The summed E-state index contributed by atoms with van der Waals surface area (Å²) in [5.41, 5.74) is 6.19. The quantitative estimate of drug-likeness (QED) is 0.842. The molecular formula is C18H21N3O. The molecule has 0 bridgehead atoms. The van der Waals surface area contributed by atoms with E-state index in [1.807, 2.05) is 6.07 Å². The number of allylic oxidation sites excluding steroid dienone is 2. The SMILES string of the molecule is CC(=O)c1n[nH]c2ccc(C3C(C)=C(C)N=C(C)C3C)cc12. The van der Waals surface area contributed by atoms with Crippen LogP contribution in [0, 0.1) is 5.92 Å². The average Bonchev–Trinajstić information content (AvgIpc) is 2.89. The highest BCUT2D eigenvalue weighted by Gasteiger charge is 2.28. The molecule has 3 rings (SSSR count). The van der Waals surface area contributed by atoms with Crippen LogP contribution in [0.3, 0.4) is 0 Å². The van der Waals surface area contributed by atoms with Gasteiger partial charge in [0.05, 0.1) is 5.52 Å². The van der Waals surface area contributed by atoms with Gasteiger partial charge >= 0.3 is 0 Å². The van der Waals surface area contributed by atoms with Gasteiger partial charge in [-0.25, -0.2) is 0 Å². The minimum absolute atomic E-state index is 0.0127. The number of H-pyrrole nitrogens is 1. The molecule has 0 saturated heterocycles. The minimum atomic E-state index is -0.0127. The highest BCUT2D eigenvalue weighted by atomic mass is 16.1. The van der Waals surface area contributed by atoms with Crippen LogP contribution in [0.1, 0.15) is 56.6 Å². The van der Waals surface area contributed by atoms with Gasteiger partial charge in [0.15, 0.2) is 5.78 Å². The summed E-state index contributed by atoms with van der Waals surface area (Å²) >= 11 is 0. The highest BCUT2D eigenvalue weighted by Crippen LogP contribution is 2.39. The number of carbonyl (C=O) groups is 1. The summed E-state index contributed by atoms with van der Waals surface area (Å²) < 4.78 is 0. The molecular weight excluding hydrogens is 274 g/mol. The maximum Gasteiger partial charge on any atom is 0.180 e. The maximum atomic E-state index is 11.7. The lowest BCUT2D eigenvalue weighted by Crippen LogP contribution is -2.22. The van der Waals surface area contributed by atoms with Crippen LogP contribution in [0.2, 0.25) is 0 Å². The summed E-state index contributed by atoms with van der Waals surface area (Å²) in [4.78, 5) is 16.4. The molecule has 0 spiro atoms. The van der Waals surface area contributed by atoms with Gasteiger partial charge in [0, 0.05) is 35.6 Å². The Labute approximate surface area is 130 Å². The summed E-state index contributed by atoms with van der Waals surface area (Å²) in [6.07, 6.45) is 0. The van der Waals surface area contributed by atoms with Crippen molar-refractivity contribution in [1.82, 2.24) is 10.2 Å². The van der Waals surface area contributed by atoms with E-state index in [0.717, 1.165) is 22.3 Å². The molecule has 1 aliphatic heterocycles. The number of aromatic nitrogens is 2. The fourth-order valence-corrected chi connectivity index (χ4v) is 3.33. The van der Waals surface area contributed by atoms with Gasteiger partial charge in [-0.3, -0.25) is 14.9 Å². The van der Waals surface area contributed by atoms with Crippen LogP contribution in [0.5, 0.6) is 0 Å². The zero-order valence-electron chi connectivity index (χ0n) is 13.7. The van der Waals surface area contributed by atoms with E-state index in [0.29, 0.717) is 17.5 Å². The van der Waals surface area contributed by atoms with Gasteiger partial charge in [0.1, 0.15) is 5.69 Å². The number of rotatable bonds is 2. The van der Waals surface area contributed by atoms with E-state index in [2.05, 4.69) is 55.0 Å². The van der Waals surface area contributed by atoms with Gasteiger partial charge < -0.3 is 0 Å². The van der Waals surface area contributed by atoms with E-state index >= 15 is 0 Å². The molecule has 0 amide bonds. The van der Waals surface area contributed by atoms with Crippen LogP contribution < -0.4 is 0 Å². The third-order valence-corrected chi connectivity index (χ3v) is 4.82. The van der Waals surface area contributed by atoms with Crippen molar-refractivity contribution in [3.8, 4) is 0 Å². The Hall–Kier alpha value is -2.23. The number of benzene rings is 1. The lowest BCUT2D eigenvalue weighted by Gasteiger charge is -2.30. The van der Waals surface area contributed by atoms with E-state index < -0.39 is 0 Å². The molecule has 0 saturated carbocycles. The van der Waals surface area contributed by atoms with Crippen LogP contribution in [-0.2, 0) is 0 Å². The third kappa shape index (κ3) is 2.19. The van der Waals surface area contributed by atoms with Crippen LogP contribution in [0.25, 0.3) is 10.9 Å². The van der Waals surface area contributed by atoms with Crippen molar-refractivity contribution in [3.63, 3.8) is 0 Å². The predicted octanol–water partition coefficient (Wildman–Crippen LogP) is 4.25. The lowest BCUT2D eigenvalue weighted by atomic mass is 9.77. The van der Waals surface area contributed by atoms with E-state index in [1.165, 1.54) is 11.1 Å². The van der Waals surface area contributed by atoms with Gasteiger partial charge in [0.25, 0.3) is 0 Å². The molecule has 4 nitrogen and oxygen atoms in total. The summed E-state index contributed by atoms with van der Waals surface area (Å²) in [6.45, 7) is 10.1. The number of hydrogen-bond donors (Lipinski definition) is 1. The van der Waals surface area contributed by atoms with Crippen LogP contribution >= 0.6 is 0 Å². The first kappa shape index (κ1) is 14.7. The monoisotopic (exact) mass is 295 g/mol. The van der Waals surface area contributed by atoms with Crippen molar-refractivity contribution in [2.24, 2.45) is 10.9 Å². The summed E-state index contributed by atoms with van der Waals surface area (Å²) in [7, 11) is 0. The predicted molar refractivity (Wildman–Crippen MR) is 89.5 cm³/mol. The van der Waals surface area contributed by atoms with Crippen LogP contribution in [0.15, 0.2) is 34.5 Å². The third-order valence-electron chi connectivity index (χ3n) is 4.82. The Kier molecular flexibility index (Phi) is 3.47. The molecule has 0 aliphatic carbocycles. The second-order valence-corrected chi connectivity index (χ2v) is 6.22. The maximum absolute atomic E-state index is 11.7. The Bertz CT molecular complexity index is 826. The van der Waals surface area contributed by atoms with E-state index in [9.17, 15) is 4.79 Å². The molecule has 0 radical (unpaired) electrons. The molecule has 4 heteroatoms. The Morgan fingerprint density at radius 2 is 1.95 bits per heavy atom. The topological polar surface area (TPSA) is 58.1 Å². The Morgan fingerprint density at radius 1 is 1.23 bits per heavy atom. The Balaban J connectivity index is 2.16. The number of nitrogens with zero attached hydrogens (tertiary/aromatic N) is 2. The molecule has 1 N–H and O–H groups in total. The molecule has 1 aliphatic rings. The number of nitrogens with one attached hydrogen (secondary N) is 1. The zero-order valence-corrected chi connectivity index (χ0v) is 13.7. The number of fused-ring (bicyclic) bond motifs is 1. The molecule has 22 heavy (non-hydrogen) atoms. The normalized spacial score (nSPS) is 22.1. The summed E-state index contributed by atoms with van der Waals surface area (Å²) in [5.74, 6) is 0.645. The average molecular weight is 295 g/mol. The van der Waals surface area contributed by atoms with Crippen molar-refractivity contribution >= 4 is 22.4 Å². The highest BCUT2D eigenvalue weighted by molar-refractivity contribution is 6.04. The minimum Gasteiger partial charge on any atom is -0.293 e. The van der Waals surface area contributed by atoms with Crippen LogP contribution in [0.4, 0.5) is 0 Å². The fraction of sp³-hybridized carbons (Fsp3) is 0.389. The smallest absolute Gasteiger partial charge is 0.180 e. The first-order valence-electron chi connectivity index (χ1n) is 7.61. The molecule has 1 aromatic carbocycles. The van der Waals surface area contributed by atoms with E-state index in [1.54, 1.807) is 6.92 Å². The van der Waals surface area contributed by atoms with E-state index in [4.69, 9.17) is 0 Å². The lowest BCUT2D eigenvalue weighted by molar-refractivity contribution is 0.101. The molecule has 2 unspecified atom stereocenters. The van der Waals surface area contributed by atoms with Gasteiger partial charge in [-0.2, -0.15) is 5.10 Å². The molecule has 2 heterocycles. The number of carbonyl (C=O) groups excluding carboxylic acids is 1. The summed E-state index contributed by atoms with van der Waals surface area (Å²) in [6, 6.07) is 6.24. The van der Waals surface area contributed by atoms with Crippen molar-refractivity contribution in [3.05, 3.63) is 40.7 Å². The molecule has 0 fully saturated rings. The number of aromatic amines is 1. The van der Waals surface area contributed by atoms with Gasteiger partial charge in [-0.15, -0.1) is 0 Å². The second-order valence-electron chi connectivity index (χ2n) is 6.22. The molecule has 1 aromatic heterocycles. The van der Waals surface area contributed by atoms with Crippen molar-refractivity contribution in [2.75, 3.05) is 0 Å². The van der Waals surface area contributed by atoms with E-state index in [-0.39, 0.29) is 5.78 Å². The van der Waals surface area contributed by atoms with Gasteiger partial charge in [-0.05, 0) is 44.0 Å². The van der Waals surface area contributed by atoms with Gasteiger partial charge in [-0.1, -0.05) is 13.0 Å². The summed E-state index contributed by atoms with van der Waals surface area (Å²) in [5, 5.41) is 7.98. The number of aliphatic imine (C=N–C) groups is 1. The first-order chi connectivity index (χ1) is 10.4. The van der Waals surface area contributed by atoms with Crippen molar-refractivity contribution < 1.29 is 4.79 Å². The molecule has 114 valence electrons. The first-order valence-corrected chi connectivity index (χ1v) is 7.61. The van der Waals surface area contributed by atoms with Crippen molar-refractivity contribution in [2.45, 2.75) is 40.5 Å². The molecule has 2 aromatic rings. The standard InChI is InChI=1S/C18H21N3O/c1-9-11(3)19-12(4)10(2)17(9)14-6-7-16-15(8-14)18(13(5)22)21-20-16/h6-9,17H,1-5H3,(H,20,21). The number of Topliss-reactive ketones (excluding diaryl/α,β-unsaturated/α-hetero) is 1. The Morgan fingerprint density at radius 3 is 2.64 bits per heavy atom. The fourth-order valence-electron chi connectivity index (χ4n) is 3.33. The second kappa shape index (κ2) is 5.20. The molecule has 2 atom stereocenters. The van der Waals surface area contributed by atoms with Crippen molar-refractivity contribution in [1.29, 1.82) is 0 Å². The number of hydrogen-bond acceptors (Lipinski definition) is 3. The largest absolute Gasteiger partial charge is 0.293 e. The number of ketones is 1.